The van der Waals surface area contributed by atoms with Gasteiger partial charge in [0.15, 0.2) is 5.78 Å². The first-order valence-electron chi connectivity index (χ1n) is 9.44. The number of carbonyl (C=O) groups is 1. The highest BCUT2D eigenvalue weighted by atomic mass is 32.1. The molecule has 0 amide bonds. The summed E-state index contributed by atoms with van der Waals surface area (Å²) in [5, 5.41) is 9.31. The summed E-state index contributed by atoms with van der Waals surface area (Å²) in [6, 6.07) is 9.75. The number of Topliss-reactive ketones (excluding diaryl/α,β-unsaturated/α-hetero) is 1. The maximum Gasteiger partial charge on any atom is 0.163 e. The highest BCUT2D eigenvalue weighted by Crippen LogP contribution is 2.32. The van der Waals surface area contributed by atoms with Crippen LogP contribution in [0.5, 0.6) is 0 Å². The third-order valence-corrected chi connectivity index (χ3v) is 5.18. The number of rotatable bonds is 7. The largest absolute Gasteiger partial charge is 0.396 e. The monoisotopic (exact) mass is 395 g/mol. The van der Waals surface area contributed by atoms with Gasteiger partial charge in [0.2, 0.25) is 0 Å². The molecule has 2 heterocycles. The summed E-state index contributed by atoms with van der Waals surface area (Å²) in [4.78, 5) is 17.3. The van der Waals surface area contributed by atoms with Crippen LogP contribution in [-0.4, -0.2) is 31.2 Å². The molecular formula is C22H25N3O2S. The molecule has 3 rings (SSSR count). The van der Waals surface area contributed by atoms with Crippen molar-refractivity contribution in [2.24, 2.45) is 5.92 Å². The summed E-state index contributed by atoms with van der Waals surface area (Å²) in [7, 11) is 0. The number of aryl methyl sites for hydroxylation is 1. The number of aliphatic hydroxyl groups excluding tert-OH is 1. The first-order valence-corrected chi connectivity index (χ1v) is 10.2. The Morgan fingerprint density at radius 3 is 2.50 bits per heavy atom. The fraction of sp³-hybridized carbons (Fsp3) is 0.364. The number of hydrogen-bond acceptors (Lipinski definition) is 6. The van der Waals surface area contributed by atoms with E-state index in [0.717, 1.165) is 33.8 Å². The van der Waals surface area contributed by atoms with Gasteiger partial charge in [-0.15, -0.1) is 0 Å². The summed E-state index contributed by atoms with van der Waals surface area (Å²) >= 11 is 1.19. The van der Waals surface area contributed by atoms with Gasteiger partial charge in [-0.05, 0) is 48.6 Å². The van der Waals surface area contributed by atoms with Crippen LogP contribution in [0, 0.1) is 12.8 Å². The number of aromatic nitrogens is 3. The molecular weight excluding hydrogens is 370 g/mol. The lowest BCUT2D eigenvalue weighted by atomic mass is 9.93. The minimum Gasteiger partial charge on any atom is -0.396 e. The van der Waals surface area contributed by atoms with Crippen LogP contribution in [0.2, 0.25) is 0 Å². The zero-order valence-electron chi connectivity index (χ0n) is 16.6. The summed E-state index contributed by atoms with van der Waals surface area (Å²) in [6.45, 7) is 8.02. The van der Waals surface area contributed by atoms with Gasteiger partial charge in [-0.2, -0.15) is 8.75 Å². The van der Waals surface area contributed by atoms with Gasteiger partial charge in [-0.3, -0.25) is 9.78 Å². The quantitative estimate of drug-likeness (QED) is 0.576. The molecule has 0 unspecified atom stereocenters. The van der Waals surface area contributed by atoms with E-state index < -0.39 is 0 Å². The molecule has 1 aromatic carbocycles. The third-order valence-electron chi connectivity index (χ3n) is 4.64. The van der Waals surface area contributed by atoms with E-state index in [1.807, 2.05) is 50.4 Å². The standard InChI is InChI=1S/C22H25N3O2S/c1-13(2)21-22(25-28-24-21)18-9-16(19-6-5-14(3)11-23-19)8-17(10-18)20(27)7-15(4)12-26/h5-6,8-11,13,15,26H,7,12H2,1-4H3/t15-/m0/s1. The summed E-state index contributed by atoms with van der Waals surface area (Å²) < 4.78 is 8.93. The van der Waals surface area contributed by atoms with Gasteiger partial charge in [0, 0.05) is 35.9 Å². The van der Waals surface area contributed by atoms with E-state index in [2.05, 4.69) is 27.6 Å². The van der Waals surface area contributed by atoms with E-state index >= 15 is 0 Å². The molecule has 1 atom stereocenters. The number of pyridine rings is 1. The second-order valence-corrected chi connectivity index (χ2v) is 8.12. The molecule has 2 aromatic heterocycles. The van der Waals surface area contributed by atoms with Gasteiger partial charge < -0.3 is 5.11 Å². The summed E-state index contributed by atoms with van der Waals surface area (Å²) in [5.41, 5.74) is 6.00. The highest BCUT2D eigenvalue weighted by Gasteiger charge is 2.18. The highest BCUT2D eigenvalue weighted by molar-refractivity contribution is 6.99. The van der Waals surface area contributed by atoms with Gasteiger partial charge in [0.05, 0.1) is 23.1 Å². The average molecular weight is 396 g/mol. The van der Waals surface area contributed by atoms with Crippen LogP contribution in [0.4, 0.5) is 0 Å². The van der Waals surface area contributed by atoms with Gasteiger partial charge in [0.25, 0.3) is 0 Å². The Balaban J connectivity index is 2.12. The molecule has 0 fully saturated rings. The van der Waals surface area contributed by atoms with Crippen molar-refractivity contribution in [2.45, 2.75) is 40.0 Å². The smallest absolute Gasteiger partial charge is 0.163 e. The van der Waals surface area contributed by atoms with Crippen LogP contribution >= 0.6 is 11.7 Å². The second-order valence-electron chi connectivity index (χ2n) is 7.59. The fourth-order valence-corrected chi connectivity index (χ4v) is 3.69. The van der Waals surface area contributed by atoms with Gasteiger partial charge in [-0.25, -0.2) is 0 Å². The zero-order valence-corrected chi connectivity index (χ0v) is 17.5. The Morgan fingerprint density at radius 2 is 1.86 bits per heavy atom. The number of ketones is 1. The lowest BCUT2D eigenvalue weighted by Gasteiger charge is -2.12. The minimum atomic E-state index is -0.0794. The van der Waals surface area contributed by atoms with Crippen molar-refractivity contribution in [2.75, 3.05) is 6.61 Å². The Labute approximate surface area is 169 Å². The SMILES string of the molecule is Cc1ccc(-c2cc(C(=O)C[C@H](C)CO)cc(-c3nsnc3C(C)C)c2)nc1. The summed E-state index contributed by atoms with van der Waals surface area (Å²) in [6.07, 6.45) is 2.12. The van der Waals surface area contributed by atoms with E-state index in [1.54, 1.807) is 0 Å². The van der Waals surface area contributed by atoms with E-state index in [4.69, 9.17) is 0 Å². The van der Waals surface area contributed by atoms with Gasteiger partial charge in [0.1, 0.15) is 5.69 Å². The van der Waals surface area contributed by atoms with Crippen LogP contribution in [0.1, 0.15) is 54.7 Å². The van der Waals surface area contributed by atoms with Crippen LogP contribution in [0.25, 0.3) is 22.5 Å². The van der Waals surface area contributed by atoms with Crippen molar-refractivity contribution in [1.29, 1.82) is 0 Å². The molecule has 5 nitrogen and oxygen atoms in total. The normalized spacial score (nSPS) is 12.4. The maximum absolute atomic E-state index is 12.8. The van der Waals surface area contributed by atoms with Gasteiger partial charge >= 0.3 is 0 Å². The third kappa shape index (κ3) is 4.51. The van der Waals surface area contributed by atoms with Crippen molar-refractivity contribution in [3.05, 3.63) is 53.3 Å². The molecule has 6 heteroatoms. The Bertz CT molecular complexity index is 964. The molecule has 0 aliphatic carbocycles. The molecule has 0 aliphatic heterocycles. The first-order chi connectivity index (χ1) is 13.4. The van der Waals surface area contributed by atoms with Crippen LogP contribution < -0.4 is 0 Å². The van der Waals surface area contributed by atoms with Crippen molar-refractivity contribution >= 4 is 17.5 Å². The van der Waals surface area contributed by atoms with E-state index in [9.17, 15) is 9.90 Å². The molecule has 1 N–H and O–H groups in total. The lowest BCUT2D eigenvalue weighted by Crippen LogP contribution is -2.09. The average Bonchev–Trinajstić information content (AvgIpc) is 3.18. The predicted molar refractivity (Wildman–Crippen MR) is 113 cm³/mol. The molecule has 3 aromatic rings. The van der Waals surface area contributed by atoms with E-state index in [-0.39, 0.29) is 24.2 Å². The van der Waals surface area contributed by atoms with Gasteiger partial charge in [-0.1, -0.05) is 26.8 Å². The molecule has 146 valence electrons. The van der Waals surface area contributed by atoms with Crippen LogP contribution in [0.15, 0.2) is 36.5 Å². The molecule has 0 spiro atoms. The number of aliphatic hydroxyl groups is 1. The number of nitrogens with zero attached hydrogens (tertiary/aromatic N) is 3. The summed E-state index contributed by atoms with van der Waals surface area (Å²) in [5.74, 6) is 0.166. The van der Waals surface area contributed by atoms with Crippen LogP contribution in [-0.2, 0) is 0 Å². The Hall–Kier alpha value is -2.44. The number of hydrogen-bond donors (Lipinski definition) is 1. The van der Waals surface area contributed by atoms with Crippen molar-refractivity contribution in [3.8, 4) is 22.5 Å². The van der Waals surface area contributed by atoms with Crippen molar-refractivity contribution in [1.82, 2.24) is 13.7 Å². The Kier molecular flexibility index (Phi) is 6.31. The van der Waals surface area contributed by atoms with E-state index in [1.165, 1.54) is 11.7 Å². The molecule has 0 radical (unpaired) electrons. The fourth-order valence-electron chi connectivity index (χ4n) is 2.99. The second kappa shape index (κ2) is 8.71. The first kappa shape index (κ1) is 20.3. The molecule has 0 saturated carbocycles. The van der Waals surface area contributed by atoms with Crippen LogP contribution in [0.3, 0.4) is 0 Å². The van der Waals surface area contributed by atoms with E-state index in [0.29, 0.717) is 12.0 Å². The number of carbonyl (C=O) groups excluding carboxylic acids is 1. The molecule has 28 heavy (non-hydrogen) atoms. The molecule has 0 aliphatic rings. The van der Waals surface area contributed by atoms with Crippen molar-refractivity contribution in [3.63, 3.8) is 0 Å². The maximum atomic E-state index is 12.8. The number of benzene rings is 1. The van der Waals surface area contributed by atoms with Crippen molar-refractivity contribution < 1.29 is 9.90 Å². The lowest BCUT2D eigenvalue weighted by molar-refractivity contribution is 0.0943. The zero-order chi connectivity index (χ0) is 20.3. The Morgan fingerprint density at radius 1 is 1.11 bits per heavy atom. The molecule has 0 bridgehead atoms. The molecule has 0 saturated heterocycles. The topological polar surface area (TPSA) is 76.0 Å². The predicted octanol–water partition coefficient (Wildman–Crippen LogP) is 4.90. The minimum absolute atomic E-state index is 0.00560.